The average molecular weight is 835 g/mol. The van der Waals surface area contributed by atoms with Gasteiger partial charge in [-0.3, -0.25) is 18.6 Å². The Kier molecular flexibility index (Phi) is 31.9. The van der Waals surface area contributed by atoms with Gasteiger partial charge in [-0.2, -0.15) is 0 Å². The van der Waals surface area contributed by atoms with E-state index in [0.717, 1.165) is 64.2 Å². The maximum absolute atomic E-state index is 12.8. The normalized spacial score (nSPS) is 22.9. The summed E-state index contributed by atoms with van der Waals surface area (Å²) in [7, 11) is -5.12. The SMILES string of the molecule is CCCCCC/C=C/CCCCCCCC(=O)O[C@@H](COC(=O)CCCCC/C=C/CCCCCCCCCC)COP(=O)(O)OC1C(O)C(O)C(O)[C@H](O)C1O. The van der Waals surface area contributed by atoms with E-state index in [4.69, 9.17) is 18.5 Å². The number of esters is 2. The topological polar surface area (TPSA) is 210 Å². The minimum Gasteiger partial charge on any atom is -0.462 e. The van der Waals surface area contributed by atoms with E-state index in [-0.39, 0.29) is 12.8 Å². The zero-order valence-electron chi connectivity index (χ0n) is 35.1. The summed E-state index contributed by atoms with van der Waals surface area (Å²) in [6.45, 7) is 3.25. The lowest BCUT2D eigenvalue weighted by Gasteiger charge is -2.41. The van der Waals surface area contributed by atoms with E-state index in [2.05, 4.69) is 38.2 Å². The number of phosphoric ester groups is 1. The van der Waals surface area contributed by atoms with E-state index in [1.165, 1.54) is 77.0 Å². The number of allylic oxidation sites excluding steroid dienone is 4. The number of unbranched alkanes of at least 4 members (excludes halogenated alkanes) is 20. The maximum Gasteiger partial charge on any atom is 0.472 e. The fourth-order valence-corrected chi connectivity index (χ4v) is 7.60. The van der Waals surface area contributed by atoms with Crippen molar-refractivity contribution in [3.63, 3.8) is 0 Å². The average Bonchev–Trinajstić information content (AvgIpc) is 3.19. The molecule has 0 aromatic carbocycles. The number of hydrogen-bond donors (Lipinski definition) is 6. The second-order valence-corrected chi connectivity index (χ2v) is 16.9. The van der Waals surface area contributed by atoms with Gasteiger partial charge in [0.15, 0.2) is 6.10 Å². The molecule has 1 aliphatic rings. The number of rotatable bonds is 36. The molecule has 6 unspecified atom stereocenters. The molecule has 1 saturated carbocycles. The first-order chi connectivity index (χ1) is 27.4. The van der Waals surface area contributed by atoms with Crippen molar-refractivity contribution in [2.45, 2.75) is 224 Å². The molecule has 57 heavy (non-hydrogen) atoms. The van der Waals surface area contributed by atoms with Crippen molar-refractivity contribution >= 4 is 19.8 Å². The summed E-state index contributed by atoms with van der Waals surface area (Å²) in [4.78, 5) is 35.6. The minimum absolute atomic E-state index is 0.0848. The van der Waals surface area contributed by atoms with Gasteiger partial charge in [0.1, 0.15) is 43.2 Å². The summed E-state index contributed by atoms with van der Waals surface area (Å²) in [6.07, 6.45) is 22.4. The molecule has 14 heteroatoms. The molecular formula is C43H79O13P. The Hall–Kier alpha value is -1.67. The first kappa shape index (κ1) is 53.3. The van der Waals surface area contributed by atoms with Crippen LogP contribution < -0.4 is 0 Å². The molecule has 0 spiro atoms. The molecule has 0 saturated heterocycles. The largest absolute Gasteiger partial charge is 0.472 e. The molecule has 0 amide bonds. The molecular weight excluding hydrogens is 755 g/mol. The Balaban J connectivity index is 2.50. The molecule has 6 N–H and O–H groups in total. The van der Waals surface area contributed by atoms with Gasteiger partial charge in [0, 0.05) is 12.8 Å². The van der Waals surface area contributed by atoms with Crippen LogP contribution >= 0.6 is 7.82 Å². The second kappa shape index (κ2) is 34.1. The fourth-order valence-electron chi connectivity index (χ4n) is 6.63. The number of phosphoric acid groups is 1. The summed E-state index contributed by atoms with van der Waals surface area (Å²) < 4.78 is 33.4. The quantitative estimate of drug-likeness (QED) is 0.0153. The van der Waals surface area contributed by atoms with Crippen LogP contribution in [0.2, 0.25) is 0 Å². The van der Waals surface area contributed by atoms with Gasteiger partial charge in [0.25, 0.3) is 0 Å². The lowest BCUT2D eigenvalue weighted by atomic mass is 9.85. The third-order valence-corrected chi connectivity index (χ3v) is 11.3. The van der Waals surface area contributed by atoms with Crippen LogP contribution in [0.15, 0.2) is 24.3 Å². The van der Waals surface area contributed by atoms with Crippen LogP contribution in [0.3, 0.4) is 0 Å². The van der Waals surface area contributed by atoms with E-state index < -0.39 is 75.7 Å². The van der Waals surface area contributed by atoms with Crippen LogP contribution in [0.1, 0.15) is 181 Å². The van der Waals surface area contributed by atoms with E-state index in [0.29, 0.717) is 12.8 Å². The van der Waals surface area contributed by atoms with Crippen molar-refractivity contribution in [1.82, 2.24) is 0 Å². The molecule has 0 radical (unpaired) electrons. The predicted octanol–water partition coefficient (Wildman–Crippen LogP) is 8.06. The third-order valence-electron chi connectivity index (χ3n) is 10.3. The van der Waals surface area contributed by atoms with E-state index >= 15 is 0 Å². The molecule has 0 bridgehead atoms. The lowest BCUT2D eigenvalue weighted by Crippen LogP contribution is -2.64. The van der Waals surface area contributed by atoms with Gasteiger partial charge in [-0.1, -0.05) is 128 Å². The Bertz CT molecular complexity index is 1100. The van der Waals surface area contributed by atoms with Crippen LogP contribution in [0.5, 0.6) is 0 Å². The third kappa shape index (κ3) is 26.9. The van der Waals surface area contributed by atoms with Gasteiger partial charge in [-0.15, -0.1) is 0 Å². The summed E-state index contributed by atoms with van der Waals surface area (Å²) in [5.74, 6) is -1.13. The van der Waals surface area contributed by atoms with Crippen molar-refractivity contribution in [2.24, 2.45) is 0 Å². The van der Waals surface area contributed by atoms with Crippen LogP contribution in [0.4, 0.5) is 0 Å². The van der Waals surface area contributed by atoms with Crippen LogP contribution in [0, 0.1) is 0 Å². The summed E-state index contributed by atoms with van der Waals surface area (Å²) >= 11 is 0. The van der Waals surface area contributed by atoms with Gasteiger partial charge in [0.05, 0.1) is 6.61 Å². The molecule has 13 nitrogen and oxygen atoms in total. The van der Waals surface area contributed by atoms with Crippen molar-refractivity contribution in [1.29, 1.82) is 0 Å². The summed E-state index contributed by atoms with van der Waals surface area (Å²) in [5.41, 5.74) is 0. The van der Waals surface area contributed by atoms with Crippen LogP contribution in [-0.4, -0.2) is 98.3 Å². The summed E-state index contributed by atoms with van der Waals surface area (Å²) in [6, 6.07) is 0. The second-order valence-electron chi connectivity index (χ2n) is 15.5. The van der Waals surface area contributed by atoms with E-state index in [1.807, 2.05) is 0 Å². The van der Waals surface area contributed by atoms with E-state index in [1.54, 1.807) is 0 Å². The Morgan fingerprint density at radius 3 is 1.37 bits per heavy atom. The zero-order chi connectivity index (χ0) is 42.2. The van der Waals surface area contributed by atoms with Crippen molar-refractivity contribution in [3.05, 3.63) is 24.3 Å². The fraction of sp³-hybridized carbons (Fsp3) is 0.860. The lowest BCUT2D eigenvalue weighted by molar-refractivity contribution is -0.220. The number of aliphatic hydroxyl groups is 5. The van der Waals surface area contributed by atoms with Crippen molar-refractivity contribution < 1.29 is 63.1 Å². The summed E-state index contributed by atoms with van der Waals surface area (Å²) in [5, 5.41) is 50.0. The van der Waals surface area contributed by atoms with Gasteiger partial charge >= 0.3 is 19.8 Å². The molecule has 8 atom stereocenters. The number of carbonyl (C=O) groups excluding carboxylic acids is 2. The number of hydrogen-bond acceptors (Lipinski definition) is 12. The van der Waals surface area contributed by atoms with Gasteiger partial charge in [-0.25, -0.2) is 4.57 Å². The van der Waals surface area contributed by atoms with Gasteiger partial charge in [0.2, 0.25) is 0 Å². The molecule has 334 valence electrons. The highest BCUT2D eigenvalue weighted by atomic mass is 31.2. The number of aliphatic hydroxyl groups excluding tert-OH is 5. The van der Waals surface area contributed by atoms with E-state index in [9.17, 15) is 44.6 Å². The molecule has 1 fully saturated rings. The Labute approximate surface area is 343 Å². The molecule has 0 aliphatic heterocycles. The van der Waals surface area contributed by atoms with Crippen molar-refractivity contribution in [2.75, 3.05) is 13.2 Å². The van der Waals surface area contributed by atoms with Crippen LogP contribution in [-0.2, 0) is 32.7 Å². The smallest absolute Gasteiger partial charge is 0.462 e. The first-order valence-electron chi connectivity index (χ1n) is 22.1. The monoisotopic (exact) mass is 835 g/mol. The standard InChI is InChI=1S/C43H79O13P/c1-3-5-7-9-11-13-15-17-18-20-21-23-25-27-29-31-36(44)53-33-35(34-54-57(51,52)56-43-41(49)39(47)38(46)40(48)42(43)50)55-37(45)32-30-28-26-24-22-19-16-14-12-10-8-6-4-2/h14,16,20-21,35,38-43,46-50H,3-13,15,17-19,22-34H2,1-2H3,(H,51,52)/b16-14+,21-20+/t35-,38?,39-,40?,41?,42?,43?/m0/s1. The first-order valence-corrected chi connectivity index (χ1v) is 23.6. The molecule has 1 aliphatic carbocycles. The Morgan fingerprint density at radius 1 is 0.526 bits per heavy atom. The predicted molar refractivity (Wildman–Crippen MR) is 221 cm³/mol. The molecule has 0 aromatic rings. The number of ether oxygens (including phenoxy) is 2. The highest BCUT2D eigenvalue weighted by molar-refractivity contribution is 7.47. The van der Waals surface area contributed by atoms with Crippen molar-refractivity contribution in [3.8, 4) is 0 Å². The highest BCUT2D eigenvalue weighted by Crippen LogP contribution is 2.47. The minimum atomic E-state index is -5.12. The zero-order valence-corrected chi connectivity index (χ0v) is 36.0. The highest BCUT2D eigenvalue weighted by Gasteiger charge is 2.51. The van der Waals surface area contributed by atoms with Gasteiger partial charge < -0.3 is 39.9 Å². The van der Waals surface area contributed by atoms with Gasteiger partial charge in [-0.05, 0) is 64.2 Å². The molecule has 1 rings (SSSR count). The maximum atomic E-state index is 12.8. The Morgan fingerprint density at radius 2 is 0.895 bits per heavy atom. The van der Waals surface area contributed by atoms with Crippen LogP contribution in [0.25, 0.3) is 0 Å². The molecule has 0 aromatic heterocycles. The molecule has 0 heterocycles. The number of carbonyl (C=O) groups is 2.